The molecule has 0 aromatic heterocycles. The number of nitrogens with one attached hydrogen (secondary N) is 2. The third-order valence-corrected chi connectivity index (χ3v) is 3.64. The zero-order chi connectivity index (χ0) is 15.2. The van der Waals surface area contributed by atoms with E-state index in [1.807, 2.05) is 0 Å². The summed E-state index contributed by atoms with van der Waals surface area (Å²) in [5.74, 6) is -0.0401. The summed E-state index contributed by atoms with van der Waals surface area (Å²) in [6.45, 7) is 12.1. The van der Waals surface area contributed by atoms with E-state index in [-0.39, 0.29) is 23.7 Å². The van der Waals surface area contributed by atoms with Crippen LogP contribution < -0.4 is 10.6 Å². The summed E-state index contributed by atoms with van der Waals surface area (Å²) < 4.78 is 11.6. The van der Waals surface area contributed by atoms with Crippen LogP contribution in [-0.4, -0.2) is 49.5 Å². The molecule has 2 N–H and O–H groups in total. The summed E-state index contributed by atoms with van der Waals surface area (Å²) in [4.78, 5) is 12.0. The molecule has 1 saturated heterocycles. The summed E-state index contributed by atoms with van der Waals surface area (Å²) in [5, 5.41) is 6.32. The Morgan fingerprint density at radius 2 is 2.10 bits per heavy atom. The molecule has 1 aliphatic rings. The van der Waals surface area contributed by atoms with Gasteiger partial charge in [-0.2, -0.15) is 0 Å². The number of amides is 1. The third kappa shape index (κ3) is 5.77. The second kappa shape index (κ2) is 7.96. The lowest BCUT2D eigenvalue weighted by atomic mass is 10.1. The van der Waals surface area contributed by atoms with Crippen LogP contribution in [0.2, 0.25) is 0 Å². The van der Waals surface area contributed by atoms with Gasteiger partial charge in [0.1, 0.15) is 6.10 Å². The van der Waals surface area contributed by atoms with E-state index in [2.05, 4.69) is 38.3 Å². The van der Waals surface area contributed by atoms with Gasteiger partial charge >= 0.3 is 0 Å². The minimum atomic E-state index is -0.441. The quantitative estimate of drug-likeness (QED) is 0.744. The summed E-state index contributed by atoms with van der Waals surface area (Å²) in [5.41, 5.74) is -0.173. The van der Waals surface area contributed by atoms with Crippen molar-refractivity contribution in [2.45, 2.75) is 71.3 Å². The average Bonchev–Trinajstić information content (AvgIpc) is 2.40. The second-order valence-corrected chi connectivity index (χ2v) is 6.13. The highest BCUT2D eigenvalue weighted by Gasteiger charge is 2.29. The van der Waals surface area contributed by atoms with Gasteiger partial charge in [-0.25, -0.2) is 0 Å². The number of ether oxygens (including phenoxy) is 2. The number of hydrogen-bond acceptors (Lipinski definition) is 4. The molecule has 5 nitrogen and oxygen atoms in total. The molecule has 1 fully saturated rings. The van der Waals surface area contributed by atoms with Crippen LogP contribution in [-0.2, 0) is 14.3 Å². The molecule has 1 aliphatic heterocycles. The van der Waals surface area contributed by atoms with Gasteiger partial charge in [-0.15, -0.1) is 0 Å². The van der Waals surface area contributed by atoms with Crippen LogP contribution in [0.4, 0.5) is 0 Å². The Labute approximate surface area is 122 Å². The molecule has 0 radical (unpaired) electrons. The molecule has 0 saturated carbocycles. The van der Waals surface area contributed by atoms with E-state index in [9.17, 15) is 4.79 Å². The number of hydrogen-bond donors (Lipinski definition) is 2. The van der Waals surface area contributed by atoms with Gasteiger partial charge in [0.25, 0.3) is 0 Å². The van der Waals surface area contributed by atoms with Gasteiger partial charge in [0.15, 0.2) is 0 Å². The van der Waals surface area contributed by atoms with Gasteiger partial charge < -0.3 is 20.1 Å². The van der Waals surface area contributed by atoms with Crippen molar-refractivity contribution in [2.24, 2.45) is 0 Å². The Morgan fingerprint density at radius 1 is 1.45 bits per heavy atom. The molecule has 1 heterocycles. The fourth-order valence-corrected chi connectivity index (χ4v) is 2.30. The Kier molecular flexibility index (Phi) is 6.92. The van der Waals surface area contributed by atoms with E-state index in [0.29, 0.717) is 6.61 Å². The van der Waals surface area contributed by atoms with E-state index in [1.54, 1.807) is 6.92 Å². The largest absolute Gasteiger partial charge is 0.367 e. The molecule has 1 rings (SSSR count). The van der Waals surface area contributed by atoms with Crippen molar-refractivity contribution in [3.8, 4) is 0 Å². The topological polar surface area (TPSA) is 59.6 Å². The first kappa shape index (κ1) is 17.4. The van der Waals surface area contributed by atoms with E-state index >= 15 is 0 Å². The first-order valence-electron chi connectivity index (χ1n) is 7.68. The monoisotopic (exact) mass is 286 g/mol. The zero-order valence-corrected chi connectivity index (χ0v) is 13.5. The molecule has 2 unspecified atom stereocenters. The minimum absolute atomic E-state index is 0.00199. The van der Waals surface area contributed by atoms with Gasteiger partial charge in [-0.3, -0.25) is 4.79 Å². The molecule has 0 aromatic carbocycles. The summed E-state index contributed by atoms with van der Waals surface area (Å²) in [6, 6.07) is 0.236. The lowest BCUT2D eigenvalue weighted by molar-refractivity contribution is -0.145. The van der Waals surface area contributed by atoms with Crippen molar-refractivity contribution in [1.82, 2.24) is 10.6 Å². The van der Waals surface area contributed by atoms with Crippen LogP contribution in [0, 0.1) is 0 Å². The van der Waals surface area contributed by atoms with Crippen LogP contribution in [0.25, 0.3) is 0 Å². The molecule has 0 aliphatic carbocycles. The highest BCUT2D eigenvalue weighted by molar-refractivity contribution is 5.80. The fourth-order valence-electron chi connectivity index (χ4n) is 2.30. The third-order valence-electron chi connectivity index (χ3n) is 3.64. The highest BCUT2D eigenvalue weighted by atomic mass is 16.6. The Balaban J connectivity index is 2.31. The van der Waals surface area contributed by atoms with Crippen LogP contribution in [0.1, 0.15) is 47.5 Å². The van der Waals surface area contributed by atoms with Gasteiger partial charge in [0.2, 0.25) is 5.91 Å². The number of morpholine rings is 1. The molecular formula is C15H30N2O3. The minimum Gasteiger partial charge on any atom is -0.367 e. The van der Waals surface area contributed by atoms with Gasteiger partial charge in [-0.1, -0.05) is 13.8 Å². The summed E-state index contributed by atoms with van der Waals surface area (Å²) >= 11 is 0. The van der Waals surface area contributed by atoms with Crippen LogP contribution in [0.5, 0.6) is 0 Å². The van der Waals surface area contributed by atoms with Crippen LogP contribution in [0.3, 0.4) is 0 Å². The molecular weight excluding hydrogens is 256 g/mol. The average molecular weight is 286 g/mol. The molecule has 118 valence electrons. The maximum Gasteiger partial charge on any atom is 0.249 e. The Bertz CT molecular complexity index is 303. The van der Waals surface area contributed by atoms with Crippen molar-refractivity contribution in [3.63, 3.8) is 0 Å². The lowest BCUT2D eigenvalue weighted by Gasteiger charge is -2.36. The SMILES string of the molecule is CCC(CC)NC(=O)C(C)OCC1CNCC(C)(C)O1. The standard InChI is InChI=1S/C15H30N2O3/c1-6-12(7-2)17-14(18)11(3)19-9-13-8-16-10-15(4,5)20-13/h11-13,16H,6-10H2,1-5H3,(H,17,18). The fraction of sp³-hybridized carbons (Fsp3) is 0.933. The van der Waals surface area contributed by atoms with Crippen molar-refractivity contribution in [3.05, 3.63) is 0 Å². The van der Waals surface area contributed by atoms with Crippen LogP contribution in [0.15, 0.2) is 0 Å². The van der Waals surface area contributed by atoms with E-state index in [0.717, 1.165) is 25.9 Å². The maximum absolute atomic E-state index is 12.0. The first-order valence-corrected chi connectivity index (χ1v) is 7.68. The molecule has 5 heteroatoms. The molecule has 20 heavy (non-hydrogen) atoms. The van der Waals surface area contributed by atoms with Crippen molar-refractivity contribution >= 4 is 5.91 Å². The Morgan fingerprint density at radius 3 is 2.65 bits per heavy atom. The predicted molar refractivity (Wildman–Crippen MR) is 79.7 cm³/mol. The van der Waals surface area contributed by atoms with Crippen molar-refractivity contribution in [2.75, 3.05) is 19.7 Å². The van der Waals surface area contributed by atoms with Gasteiger partial charge in [0, 0.05) is 19.1 Å². The molecule has 0 bridgehead atoms. The van der Waals surface area contributed by atoms with E-state index in [1.165, 1.54) is 0 Å². The smallest absolute Gasteiger partial charge is 0.249 e. The second-order valence-electron chi connectivity index (χ2n) is 6.13. The maximum atomic E-state index is 12.0. The van der Waals surface area contributed by atoms with Crippen molar-refractivity contribution < 1.29 is 14.3 Å². The lowest BCUT2D eigenvalue weighted by Crippen LogP contribution is -2.52. The highest BCUT2D eigenvalue weighted by Crippen LogP contribution is 2.15. The van der Waals surface area contributed by atoms with Gasteiger partial charge in [0.05, 0.1) is 18.3 Å². The molecule has 1 amide bonds. The molecule has 0 spiro atoms. The summed E-state index contributed by atoms with van der Waals surface area (Å²) in [6.07, 6.45) is 1.45. The van der Waals surface area contributed by atoms with Crippen molar-refractivity contribution in [1.29, 1.82) is 0 Å². The van der Waals surface area contributed by atoms with Gasteiger partial charge in [-0.05, 0) is 33.6 Å². The van der Waals surface area contributed by atoms with E-state index < -0.39 is 6.10 Å². The predicted octanol–water partition coefficient (Wildman–Crippen LogP) is 1.46. The number of rotatable bonds is 7. The normalized spacial score (nSPS) is 23.6. The summed E-state index contributed by atoms with van der Waals surface area (Å²) in [7, 11) is 0. The molecule has 2 atom stereocenters. The first-order chi connectivity index (χ1) is 9.38. The van der Waals surface area contributed by atoms with Crippen LogP contribution >= 0.6 is 0 Å². The number of carbonyl (C=O) groups excluding carboxylic acids is 1. The number of carbonyl (C=O) groups is 1. The molecule has 0 aromatic rings. The van der Waals surface area contributed by atoms with E-state index in [4.69, 9.17) is 9.47 Å². The zero-order valence-electron chi connectivity index (χ0n) is 13.5. The Hall–Kier alpha value is -0.650.